The molecule has 0 aliphatic rings. The fourth-order valence-electron chi connectivity index (χ4n) is 1.65. The Morgan fingerprint density at radius 2 is 1.93 bits per heavy atom. The number of para-hydroxylation sites is 1. The first-order chi connectivity index (χ1) is 7.24. The van der Waals surface area contributed by atoms with E-state index in [9.17, 15) is 0 Å². The molecule has 0 spiro atoms. The fourth-order valence-corrected chi connectivity index (χ4v) is 1.65. The number of benzene rings is 1. The van der Waals surface area contributed by atoms with Crippen LogP contribution in [0.25, 0.3) is 0 Å². The van der Waals surface area contributed by atoms with Crippen LogP contribution in [0.5, 0.6) is 0 Å². The lowest BCUT2D eigenvalue weighted by atomic mass is 10.2. The predicted molar refractivity (Wildman–Crippen MR) is 67.5 cm³/mol. The van der Waals surface area contributed by atoms with E-state index in [1.165, 1.54) is 12.1 Å². The molecular formula is C13H22N2. The van der Waals surface area contributed by atoms with Crippen molar-refractivity contribution in [3.63, 3.8) is 0 Å². The molecule has 0 aliphatic carbocycles. The molecule has 0 saturated carbocycles. The summed E-state index contributed by atoms with van der Waals surface area (Å²) in [6, 6.07) is 11.1. The van der Waals surface area contributed by atoms with E-state index >= 15 is 0 Å². The van der Waals surface area contributed by atoms with Crippen molar-refractivity contribution in [1.82, 2.24) is 5.32 Å². The van der Waals surface area contributed by atoms with Crippen molar-refractivity contribution in [2.24, 2.45) is 0 Å². The van der Waals surface area contributed by atoms with E-state index in [1.54, 1.807) is 0 Å². The van der Waals surface area contributed by atoms with Crippen LogP contribution in [0.4, 0.5) is 5.69 Å². The molecule has 0 bridgehead atoms. The lowest BCUT2D eigenvalue weighted by molar-refractivity contribution is 0.531. The summed E-state index contributed by atoms with van der Waals surface area (Å²) in [6.45, 7) is 6.54. The molecule has 1 unspecified atom stereocenters. The minimum absolute atomic E-state index is 0.598. The number of anilines is 1. The number of hydrogen-bond acceptors (Lipinski definition) is 2. The van der Waals surface area contributed by atoms with E-state index in [-0.39, 0.29) is 0 Å². The molecule has 2 heteroatoms. The molecular weight excluding hydrogens is 184 g/mol. The molecule has 0 amide bonds. The van der Waals surface area contributed by atoms with Crippen LogP contribution in [0.15, 0.2) is 30.3 Å². The monoisotopic (exact) mass is 206 g/mol. The number of nitrogens with one attached hydrogen (secondary N) is 1. The lowest BCUT2D eigenvalue weighted by Gasteiger charge is -2.21. The third-order valence-corrected chi connectivity index (χ3v) is 2.65. The first-order valence-corrected chi connectivity index (χ1v) is 5.73. The van der Waals surface area contributed by atoms with Crippen molar-refractivity contribution in [3.8, 4) is 0 Å². The van der Waals surface area contributed by atoms with Crippen LogP contribution in [-0.4, -0.2) is 26.2 Å². The van der Waals surface area contributed by atoms with Gasteiger partial charge in [-0.25, -0.2) is 0 Å². The Morgan fingerprint density at radius 1 is 1.27 bits per heavy atom. The highest BCUT2D eigenvalue weighted by Gasteiger charge is 2.03. The molecule has 0 fully saturated rings. The molecule has 0 radical (unpaired) electrons. The molecule has 1 aromatic carbocycles. The van der Waals surface area contributed by atoms with Crippen LogP contribution in [0.3, 0.4) is 0 Å². The average molecular weight is 206 g/mol. The van der Waals surface area contributed by atoms with Gasteiger partial charge >= 0.3 is 0 Å². The SMILES string of the molecule is CCNC(C)CCN(C)c1ccccc1. The summed E-state index contributed by atoms with van der Waals surface area (Å²) in [5, 5.41) is 3.43. The summed E-state index contributed by atoms with van der Waals surface area (Å²) in [7, 11) is 2.15. The van der Waals surface area contributed by atoms with E-state index in [1.807, 2.05) is 0 Å². The van der Waals surface area contributed by atoms with Gasteiger partial charge in [-0.2, -0.15) is 0 Å². The Hall–Kier alpha value is -1.02. The second kappa shape index (κ2) is 6.46. The van der Waals surface area contributed by atoms with Crippen LogP contribution in [-0.2, 0) is 0 Å². The van der Waals surface area contributed by atoms with Crippen LogP contribution in [0.1, 0.15) is 20.3 Å². The molecule has 0 aliphatic heterocycles. The van der Waals surface area contributed by atoms with Gasteiger partial charge in [0.15, 0.2) is 0 Å². The van der Waals surface area contributed by atoms with E-state index in [0.717, 1.165) is 13.1 Å². The molecule has 1 N–H and O–H groups in total. The van der Waals surface area contributed by atoms with Crippen molar-refractivity contribution < 1.29 is 0 Å². The molecule has 1 rings (SSSR count). The van der Waals surface area contributed by atoms with Crippen molar-refractivity contribution in [1.29, 1.82) is 0 Å². The summed E-state index contributed by atoms with van der Waals surface area (Å²) in [5.41, 5.74) is 1.29. The summed E-state index contributed by atoms with van der Waals surface area (Å²) in [4.78, 5) is 2.30. The zero-order valence-electron chi connectivity index (χ0n) is 10.0. The minimum atomic E-state index is 0.598. The second-order valence-corrected chi connectivity index (χ2v) is 4.00. The van der Waals surface area contributed by atoms with Gasteiger partial charge in [-0.3, -0.25) is 0 Å². The van der Waals surface area contributed by atoms with Gasteiger partial charge in [-0.15, -0.1) is 0 Å². The smallest absolute Gasteiger partial charge is 0.0363 e. The van der Waals surface area contributed by atoms with Crippen molar-refractivity contribution in [2.45, 2.75) is 26.3 Å². The first kappa shape index (κ1) is 12.1. The summed E-state index contributed by atoms with van der Waals surface area (Å²) in [5.74, 6) is 0. The zero-order chi connectivity index (χ0) is 11.1. The highest BCUT2D eigenvalue weighted by atomic mass is 15.1. The summed E-state index contributed by atoms with van der Waals surface area (Å²) < 4.78 is 0. The Labute approximate surface area is 93.3 Å². The Kier molecular flexibility index (Phi) is 5.19. The third-order valence-electron chi connectivity index (χ3n) is 2.65. The van der Waals surface area contributed by atoms with Gasteiger partial charge < -0.3 is 10.2 Å². The van der Waals surface area contributed by atoms with Gasteiger partial charge in [0.25, 0.3) is 0 Å². The predicted octanol–water partition coefficient (Wildman–Crippen LogP) is 2.51. The van der Waals surface area contributed by atoms with Gasteiger partial charge in [-0.05, 0) is 32.0 Å². The van der Waals surface area contributed by atoms with Crippen molar-refractivity contribution in [2.75, 3.05) is 25.0 Å². The van der Waals surface area contributed by atoms with Gasteiger partial charge in [-0.1, -0.05) is 25.1 Å². The maximum absolute atomic E-state index is 3.43. The third kappa shape index (κ3) is 4.34. The average Bonchev–Trinajstić information content (AvgIpc) is 2.27. The van der Waals surface area contributed by atoms with Gasteiger partial charge in [0, 0.05) is 25.3 Å². The minimum Gasteiger partial charge on any atom is -0.375 e. The van der Waals surface area contributed by atoms with Crippen LogP contribution >= 0.6 is 0 Å². The maximum atomic E-state index is 3.43. The standard InChI is InChI=1S/C13H22N2/c1-4-14-12(2)10-11-15(3)13-8-6-5-7-9-13/h5-9,12,14H,4,10-11H2,1-3H3. The van der Waals surface area contributed by atoms with Gasteiger partial charge in [0.05, 0.1) is 0 Å². The Balaban J connectivity index is 2.33. The molecule has 0 aromatic heterocycles. The molecule has 84 valence electrons. The van der Waals surface area contributed by atoms with E-state index in [0.29, 0.717) is 6.04 Å². The fraction of sp³-hybridized carbons (Fsp3) is 0.538. The zero-order valence-corrected chi connectivity index (χ0v) is 10.0. The Morgan fingerprint density at radius 3 is 2.53 bits per heavy atom. The highest BCUT2D eigenvalue weighted by molar-refractivity contribution is 5.44. The van der Waals surface area contributed by atoms with E-state index < -0.39 is 0 Å². The van der Waals surface area contributed by atoms with Gasteiger partial charge in [0.2, 0.25) is 0 Å². The van der Waals surface area contributed by atoms with Crippen LogP contribution < -0.4 is 10.2 Å². The van der Waals surface area contributed by atoms with Crippen molar-refractivity contribution in [3.05, 3.63) is 30.3 Å². The number of hydrogen-bond donors (Lipinski definition) is 1. The van der Waals surface area contributed by atoms with Gasteiger partial charge in [0.1, 0.15) is 0 Å². The number of rotatable bonds is 6. The van der Waals surface area contributed by atoms with E-state index in [4.69, 9.17) is 0 Å². The van der Waals surface area contributed by atoms with Crippen LogP contribution in [0, 0.1) is 0 Å². The maximum Gasteiger partial charge on any atom is 0.0363 e. The van der Waals surface area contributed by atoms with E-state index in [2.05, 4.69) is 61.4 Å². The summed E-state index contributed by atoms with van der Waals surface area (Å²) >= 11 is 0. The largest absolute Gasteiger partial charge is 0.375 e. The normalized spacial score (nSPS) is 12.5. The quantitative estimate of drug-likeness (QED) is 0.769. The molecule has 15 heavy (non-hydrogen) atoms. The summed E-state index contributed by atoms with van der Waals surface area (Å²) in [6.07, 6.45) is 1.18. The lowest BCUT2D eigenvalue weighted by Crippen LogP contribution is -2.30. The molecule has 0 saturated heterocycles. The molecule has 1 atom stereocenters. The first-order valence-electron chi connectivity index (χ1n) is 5.73. The highest BCUT2D eigenvalue weighted by Crippen LogP contribution is 2.11. The Bertz CT molecular complexity index is 258. The molecule has 2 nitrogen and oxygen atoms in total. The second-order valence-electron chi connectivity index (χ2n) is 4.00. The molecule has 0 heterocycles. The topological polar surface area (TPSA) is 15.3 Å². The van der Waals surface area contributed by atoms with Crippen LogP contribution in [0.2, 0.25) is 0 Å². The molecule has 1 aromatic rings. The van der Waals surface area contributed by atoms with Crippen molar-refractivity contribution >= 4 is 5.69 Å². The number of nitrogens with zero attached hydrogens (tertiary/aromatic N) is 1.